The fourth-order valence-corrected chi connectivity index (χ4v) is 9.90. The Bertz CT molecular complexity index is 2150. The third-order valence-corrected chi connectivity index (χ3v) is 13.0. The van der Waals surface area contributed by atoms with Crippen LogP contribution in [0.5, 0.6) is 0 Å². The van der Waals surface area contributed by atoms with Gasteiger partial charge in [0, 0.05) is 37.2 Å². The Morgan fingerprint density at radius 2 is 1.71 bits per heavy atom. The van der Waals surface area contributed by atoms with Gasteiger partial charge >= 0.3 is 32.6 Å². The zero-order valence-corrected chi connectivity index (χ0v) is 34.1. The largest absolute Gasteiger partial charge is 0.510 e. The number of methoxy groups -OCH3 is 1. The first kappa shape index (κ1) is 43.6. The zero-order chi connectivity index (χ0) is 41.8. The average Bonchev–Trinajstić information content (AvgIpc) is 3.84. The Labute approximate surface area is 332 Å². The number of phosphoric ester groups is 1. The van der Waals surface area contributed by atoms with Crippen LogP contribution in [0.1, 0.15) is 46.6 Å². The van der Waals surface area contributed by atoms with Gasteiger partial charge in [-0.2, -0.15) is 0 Å². The summed E-state index contributed by atoms with van der Waals surface area (Å²) in [7, 11) is -3.59. The van der Waals surface area contributed by atoms with E-state index in [2.05, 4.69) is 19.9 Å². The lowest BCUT2D eigenvalue weighted by molar-refractivity contribution is -0.0767. The molecule has 3 aliphatic rings. The fourth-order valence-electron chi connectivity index (χ4n) is 5.89. The maximum Gasteiger partial charge on any atom is 0.510 e. The number of ether oxygens (including phenoxy) is 7. The van der Waals surface area contributed by atoms with Crippen LogP contribution in [0.3, 0.4) is 0 Å². The topological polar surface area (TPSA) is 304 Å². The molecule has 28 heteroatoms. The molecule has 3 aromatic heterocycles. The number of nitrogens with zero attached hydrogens (tertiary/aromatic N) is 5. The molecule has 3 fully saturated rings. The quantitative estimate of drug-likeness (QED) is 0.159. The Morgan fingerprint density at radius 3 is 2.41 bits per heavy atom. The van der Waals surface area contributed by atoms with E-state index in [0.717, 1.165) is 16.8 Å². The van der Waals surface area contributed by atoms with Crippen LogP contribution in [0.15, 0.2) is 34.5 Å². The zero-order valence-electron chi connectivity index (χ0n) is 31.5. The minimum atomic E-state index is -4.83. The minimum absolute atomic E-state index is 0.0556. The standard InChI is InChI=1S/C30H41N7O18P2S/c1-15(2)50-29(40)45-13-49-56(42)47-10-19-22(44-5)23(27(53-19)36-7-6-20(38)35-28(36)39)55-57(43,58-14-46-30(41)51-16(3)4)48-9-17-8-18(54-56)26(52-17)37-12-34-21-24(31)32-11-33-25(21)37/h6-7,11-12,15-19,22-23,26-27H,8-10,13-14H2,1-5H3,(H2,31,32,33)(H,35,38,39)/t17-,18+,19+,22+,23+,26+,27+,56?,57?/m0/s1. The lowest BCUT2D eigenvalue weighted by Gasteiger charge is -2.28. The molecule has 3 N–H and O–H groups in total. The van der Waals surface area contributed by atoms with Crippen molar-refractivity contribution in [1.29, 1.82) is 0 Å². The molecule has 0 aromatic carbocycles. The molecule has 0 spiro atoms. The number of anilines is 1. The predicted octanol–water partition coefficient (Wildman–Crippen LogP) is 2.98. The van der Waals surface area contributed by atoms with Gasteiger partial charge in [-0.05, 0) is 27.7 Å². The molecule has 0 radical (unpaired) electrons. The molecule has 2 unspecified atom stereocenters. The Morgan fingerprint density at radius 1 is 0.966 bits per heavy atom. The van der Waals surface area contributed by atoms with Crippen LogP contribution < -0.4 is 17.0 Å². The van der Waals surface area contributed by atoms with Gasteiger partial charge in [-0.25, -0.2) is 43.0 Å². The number of fused-ring (bicyclic) bond motifs is 5. The van der Waals surface area contributed by atoms with E-state index in [4.69, 9.17) is 61.5 Å². The molecule has 6 heterocycles. The van der Waals surface area contributed by atoms with Gasteiger partial charge in [0.1, 0.15) is 36.3 Å². The number of H-pyrrole nitrogens is 1. The van der Waals surface area contributed by atoms with Gasteiger partial charge in [0.15, 0.2) is 29.9 Å². The summed E-state index contributed by atoms with van der Waals surface area (Å²) in [6.45, 7) is -0.249. The number of aromatic amines is 1. The van der Waals surface area contributed by atoms with E-state index in [1.165, 1.54) is 24.3 Å². The molecule has 3 saturated heterocycles. The van der Waals surface area contributed by atoms with Gasteiger partial charge in [-0.3, -0.25) is 37.0 Å². The molecule has 0 aliphatic carbocycles. The number of carbonyl (C=O) groups excluding carboxylic acids is 2. The smallest absolute Gasteiger partial charge is 0.432 e. The van der Waals surface area contributed by atoms with Crippen molar-refractivity contribution in [3.8, 4) is 0 Å². The first-order valence-corrected chi connectivity index (χ1v) is 22.1. The van der Waals surface area contributed by atoms with Crippen molar-refractivity contribution >= 4 is 55.3 Å². The van der Waals surface area contributed by atoms with Crippen molar-refractivity contribution in [1.82, 2.24) is 29.1 Å². The van der Waals surface area contributed by atoms with E-state index < -0.39 is 119 Å². The molecule has 25 nitrogen and oxygen atoms in total. The molecule has 320 valence electrons. The van der Waals surface area contributed by atoms with Crippen molar-refractivity contribution in [2.24, 2.45) is 0 Å². The highest BCUT2D eigenvalue weighted by Gasteiger charge is 2.53. The summed E-state index contributed by atoms with van der Waals surface area (Å²) < 4.78 is 99.1. The highest BCUT2D eigenvalue weighted by molar-refractivity contribution is 8.55. The van der Waals surface area contributed by atoms with E-state index in [-0.39, 0.29) is 23.4 Å². The first-order chi connectivity index (χ1) is 27.6. The Kier molecular flexibility index (Phi) is 14.0. The van der Waals surface area contributed by atoms with E-state index >= 15 is 0 Å². The van der Waals surface area contributed by atoms with Gasteiger partial charge < -0.3 is 38.9 Å². The summed E-state index contributed by atoms with van der Waals surface area (Å²) in [6, 6.07) is 1.03. The van der Waals surface area contributed by atoms with Crippen LogP contribution in [0.4, 0.5) is 15.4 Å². The Balaban J connectivity index is 1.37. The van der Waals surface area contributed by atoms with Gasteiger partial charge in [-0.15, -0.1) is 0 Å². The summed E-state index contributed by atoms with van der Waals surface area (Å²) in [4.78, 5) is 63.9. The molecule has 9 atom stereocenters. The number of hydrogen-bond acceptors (Lipinski definition) is 23. The molecular formula is C30H41N7O18P2S. The van der Waals surface area contributed by atoms with Crippen LogP contribution >= 0.6 is 26.0 Å². The average molecular weight is 882 g/mol. The van der Waals surface area contributed by atoms with Gasteiger partial charge in [0.05, 0.1) is 37.9 Å². The third kappa shape index (κ3) is 10.4. The molecule has 0 amide bonds. The number of nitrogens with one attached hydrogen (secondary N) is 1. The highest BCUT2D eigenvalue weighted by Crippen LogP contribution is 2.64. The second kappa shape index (κ2) is 18.5. The number of nitrogens with two attached hydrogens (primary N) is 1. The summed E-state index contributed by atoms with van der Waals surface area (Å²) in [6.07, 6.45) is -8.74. The Hall–Kier alpha value is -3.94. The summed E-state index contributed by atoms with van der Waals surface area (Å²) >= 11 is 0.463. The molecule has 3 aliphatic heterocycles. The summed E-state index contributed by atoms with van der Waals surface area (Å²) in [5.74, 6) is -0.529. The lowest BCUT2D eigenvalue weighted by Crippen LogP contribution is -2.40. The number of rotatable bonds is 11. The van der Waals surface area contributed by atoms with Crippen molar-refractivity contribution in [3.05, 3.63) is 45.8 Å². The molecule has 0 saturated carbocycles. The number of carbonyl (C=O) groups is 2. The maximum absolute atomic E-state index is 14.7. The van der Waals surface area contributed by atoms with Crippen LogP contribution in [0.25, 0.3) is 11.2 Å². The first-order valence-electron chi connectivity index (χ1n) is 17.5. The van der Waals surface area contributed by atoms with Gasteiger partial charge in [0.25, 0.3) is 5.56 Å². The number of phosphoric acid groups is 1. The molecule has 6 rings (SSSR count). The number of nitrogen functional groups attached to an aromatic ring is 1. The van der Waals surface area contributed by atoms with Crippen molar-refractivity contribution in [2.45, 2.75) is 89.3 Å². The second-order valence-electron chi connectivity index (χ2n) is 13.1. The summed E-state index contributed by atoms with van der Waals surface area (Å²) in [5.41, 5.74) is 4.76. The molecule has 4 bridgehead atoms. The van der Waals surface area contributed by atoms with Crippen molar-refractivity contribution in [2.75, 3.05) is 38.8 Å². The van der Waals surface area contributed by atoms with Crippen molar-refractivity contribution < 1.29 is 74.5 Å². The minimum Gasteiger partial charge on any atom is -0.432 e. The van der Waals surface area contributed by atoms with Crippen LogP contribution in [0.2, 0.25) is 0 Å². The molecule has 58 heavy (non-hydrogen) atoms. The van der Waals surface area contributed by atoms with Crippen LogP contribution in [-0.2, 0) is 64.9 Å². The number of aromatic nitrogens is 6. The number of hydrogen-bond donors (Lipinski definition) is 2. The van der Waals surface area contributed by atoms with E-state index in [0.29, 0.717) is 11.4 Å². The summed E-state index contributed by atoms with van der Waals surface area (Å²) in [5, 5.41) is 0. The van der Waals surface area contributed by atoms with Crippen molar-refractivity contribution in [3.63, 3.8) is 0 Å². The van der Waals surface area contributed by atoms with E-state index in [9.17, 15) is 28.3 Å². The SMILES string of the molecule is CO[C@H]1[C@H]2OP(=O)(SCOC(=O)OC(C)C)OC[C@@H]3C[C@@H](OP(=O)(OCOC(=O)OC(C)C)OC[C@H]1O[C@H]2n1ccc(=O)[nH]c1=O)[C@H](n1cnc2c(N)ncnc21)O3. The normalized spacial score (nSPS) is 30.3. The van der Waals surface area contributed by atoms with Crippen LogP contribution in [0, 0.1) is 0 Å². The number of imidazole rings is 1. The lowest BCUT2D eigenvalue weighted by atomic mass is 10.1. The third-order valence-electron chi connectivity index (χ3n) is 8.26. The molecular weight excluding hydrogens is 840 g/mol. The van der Waals surface area contributed by atoms with Crippen LogP contribution in [-0.4, -0.2) is 117 Å². The predicted molar refractivity (Wildman–Crippen MR) is 195 cm³/mol. The fraction of sp³-hybridized carbons (Fsp3) is 0.633. The highest BCUT2D eigenvalue weighted by atomic mass is 32.7. The molecule has 3 aromatic rings. The van der Waals surface area contributed by atoms with Gasteiger partial charge in [-0.1, -0.05) is 0 Å². The second-order valence-corrected chi connectivity index (χ2v) is 18.7. The monoisotopic (exact) mass is 881 g/mol. The van der Waals surface area contributed by atoms with E-state index in [1.54, 1.807) is 27.7 Å². The van der Waals surface area contributed by atoms with Gasteiger partial charge in [0.2, 0.25) is 6.79 Å². The maximum atomic E-state index is 14.7. The van der Waals surface area contributed by atoms with E-state index in [1.807, 2.05) is 0 Å².